The molecule has 1 aliphatic heterocycles. The van der Waals surface area contributed by atoms with E-state index >= 15 is 0 Å². The van der Waals surface area contributed by atoms with Crippen molar-refractivity contribution in [3.8, 4) is 17.0 Å². The molecule has 3 N–H and O–H groups in total. The molecule has 0 aromatic carbocycles. The second kappa shape index (κ2) is 14.0. The molecule has 6 rings (SSSR count). The number of hydrogen-bond acceptors (Lipinski definition) is 10. The fraction of sp³-hybridized carbons (Fsp3) is 0.571. The minimum atomic E-state index is -3.88. The molecule has 3 aliphatic carbocycles. The van der Waals surface area contributed by atoms with E-state index in [9.17, 15) is 27.6 Å². The first-order valence-corrected chi connectivity index (χ1v) is 19.6. The van der Waals surface area contributed by atoms with Crippen LogP contribution in [0.15, 0.2) is 47.8 Å². The molecule has 3 saturated carbocycles. The van der Waals surface area contributed by atoms with E-state index in [0.29, 0.717) is 24.3 Å². The summed E-state index contributed by atoms with van der Waals surface area (Å²) in [5.74, 6) is -1.97. The minimum absolute atomic E-state index is 0.0130. The van der Waals surface area contributed by atoms with Crippen molar-refractivity contribution in [2.24, 2.45) is 11.3 Å². The highest BCUT2D eigenvalue weighted by Gasteiger charge is 2.62. The molecular weight excluding hydrogens is 683 g/mol. The molecule has 50 heavy (non-hydrogen) atoms. The van der Waals surface area contributed by atoms with Gasteiger partial charge in [-0.15, -0.1) is 6.58 Å². The maximum absolute atomic E-state index is 14.4. The number of aromatic nitrogens is 1. The quantitative estimate of drug-likeness (QED) is 0.274. The molecule has 4 amide bonds. The summed E-state index contributed by atoms with van der Waals surface area (Å²) in [5.41, 5.74) is -0.658. The Bertz CT molecular complexity index is 1730. The average Bonchev–Trinajstić information content (AvgIpc) is 3.81. The molecule has 0 bridgehead atoms. The van der Waals surface area contributed by atoms with Crippen molar-refractivity contribution in [3.05, 3.63) is 47.8 Å². The van der Waals surface area contributed by atoms with Gasteiger partial charge in [0.15, 0.2) is 0 Å². The van der Waals surface area contributed by atoms with E-state index in [-0.39, 0.29) is 25.5 Å². The molecule has 3 heterocycles. The molecular formula is C35H45N5O8S2. The molecule has 4 fully saturated rings. The Balaban J connectivity index is 1.24. The largest absolute Gasteiger partial charge is 0.488 e. The van der Waals surface area contributed by atoms with E-state index in [1.165, 1.54) is 11.0 Å². The summed E-state index contributed by atoms with van der Waals surface area (Å²) >= 11 is 1.54. The van der Waals surface area contributed by atoms with Crippen molar-refractivity contribution < 1.29 is 37.1 Å². The number of sulfonamides is 1. The molecule has 0 spiro atoms. The summed E-state index contributed by atoms with van der Waals surface area (Å²) in [7, 11) is -3.88. The summed E-state index contributed by atoms with van der Waals surface area (Å²) in [6.45, 7) is 9.22. The first-order chi connectivity index (χ1) is 23.7. The van der Waals surface area contributed by atoms with Crippen LogP contribution in [0.2, 0.25) is 0 Å². The molecule has 4 aliphatic rings. The van der Waals surface area contributed by atoms with Crippen LogP contribution >= 0.6 is 11.3 Å². The van der Waals surface area contributed by atoms with Crippen molar-refractivity contribution in [2.75, 3.05) is 6.54 Å². The van der Waals surface area contributed by atoms with Gasteiger partial charge in [0, 0.05) is 35.5 Å². The summed E-state index contributed by atoms with van der Waals surface area (Å²) in [6.07, 6.45) is 6.24. The van der Waals surface area contributed by atoms with E-state index in [2.05, 4.69) is 26.9 Å². The van der Waals surface area contributed by atoms with Crippen molar-refractivity contribution in [2.45, 2.75) is 107 Å². The molecule has 5 atom stereocenters. The fourth-order valence-corrected chi connectivity index (χ4v) is 8.78. The van der Waals surface area contributed by atoms with E-state index in [4.69, 9.17) is 9.47 Å². The van der Waals surface area contributed by atoms with E-state index in [1.54, 1.807) is 29.7 Å². The van der Waals surface area contributed by atoms with E-state index < -0.39 is 74.1 Å². The van der Waals surface area contributed by atoms with Gasteiger partial charge in [0.2, 0.25) is 21.8 Å². The number of ether oxygens (including phenoxy) is 2. The van der Waals surface area contributed by atoms with Gasteiger partial charge in [0.05, 0.1) is 17.5 Å². The highest BCUT2D eigenvalue weighted by atomic mass is 32.2. The zero-order valence-electron chi connectivity index (χ0n) is 28.6. The highest BCUT2D eigenvalue weighted by molar-refractivity contribution is 7.91. The van der Waals surface area contributed by atoms with Crippen LogP contribution in [-0.2, 0) is 29.1 Å². The lowest BCUT2D eigenvalue weighted by atomic mass is 9.85. The highest BCUT2D eigenvalue weighted by Crippen LogP contribution is 2.45. The predicted molar refractivity (Wildman–Crippen MR) is 186 cm³/mol. The van der Waals surface area contributed by atoms with Crippen LogP contribution in [0.25, 0.3) is 11.3 Å². The molecule has 0 radical (unpaired) electrons. The average molecular weight is 728 g/mol. The SMILES string of the molecule is C=C[C@@H]1C[C@]1(NC(=O)[C@@H]1C[C@@H](Oc2ccnc(-c3ccsc3)c2)CN1C(=O)[C@@H](NC(=O)OC1CCCC1)C(C)(C)C)C(=O)NS(=O)(=O)C1CC1. The number of likely N-dealkylation sites (tertiary alicyclic amines) is 1. The van der Waals surface area contributed by atoms with Gasteiger partial charge < -0.3 is 25.0 Å². The Morgan fingerprint density at radius 1 is 1.12 bits per heavy atom. The second-order valence-corrected chi connectivity index (χ2v) is 17.5. The lowest BCUT2D eigenvalue weighted by Crippen LogP contribution is -2.60. The number of alkyl carbamates (subject to hydrolysis) is 1. The molecule has 1 saturated heterocycles. The number of nitrogens with zero attached hydrogens (tertiary/aromatic N) is 2. The number of hydrogen-bond donors (Lipinski definition) is 3. The van der Waals surface area contributed by atoms with Crippen LogP contribution in [0, 0.1) is 11.3 Å². The topological polar surface area (TPSA) is 173 Å². The third kappa shape index (κ3) is 7.83. The number of pyridine rings is 1. The van der Waals surface area contributed by atoms with Crippen LogP contribution in [0.3, 0.4) is 0 Å². The Labute approximate surface area is 296 Å². The standard InChI is InChI=1S/C35H45N5O8S2/c1-5-22-18-35(22,32(43)39-50(45,46)26-10-11-26)38-30(41)28-17-25(47-24-12-14-36-27(16-24)21-13-15-49-20-21)19-40(28)31(42)29(34(2,3)4)37-33(44)48-23-8-6-7-9-23/h5,12-16,20,22-23,25-26,28-29H,1,6-11,17-19H2,2-4H3,(H,37,44)(H,38,41)(H,39,43)/t22-,25-,28+,29-,35-/m1/s1. The van der Waals surface area contributed by atoms with Gasteiger partial charge in [0.25, 0.3) is 5.91 Å². The summed E-state index contributed by atoms with van der Waals surface area (Å²) in [6, 6.07) is 3.28. The smallest absolute Gasteiger partial charge is 0.408 e. The Kier molecular flexibility index (Phi) is 10.0. The van der Waals surface area contributed by atoms with Gasteiger partial charge in [-0.25, -0.2) is 13.2 Å². The van der Waals surface area contributed by atoms with Crippen LogP contribution in [0.1, 0.15) is 72.1 Å². The van der Waals surface area contributed by atoms with Crippen LogP contribution in [-0.4, -0.2) is 83.7 Å². The van der Waals surface area contributed by atoms with Crippen molar-refractivity contribution in [1.29, 1.82) is 0 Å². The van der Waals surface area contributed by atoms with Gasteiger partial charge in [0.1, 0.15) is 35.6 Å². The zero-order chi connectivity index (χ0) is 35.8. The number of carbonyl (C=O) groups excluding carboxylic acids is 4. The van der Waals surface area contributed by atoms with Crippen LogP contribution in [0.4, 0.5) is 4.79 Å². The van der Waals surface area contributed by atoms with Gasteiger partial charge in [-0.05, 0) is 67.9 Å². The van der Waals surface area contributed by atoms with Crippen molar-refractivity contribution in [1.82, 2.24) is 25.2 Å². The minimum Gasteiger partial charge on any atom is -0.488 e. The predicted octanol–water partition coefficient (Wildman–Crippen LogP) is 3.91. The second-order valence-electron chi connectivity index (χ2n) is 14.8. The number of nitrogens with one attached hydrogen (secondary N) is 3. The third-order valence-electron chi connectivity index (χ3n) is 9.90. The van der Waals surface area contributed by atoms with E-state index in [1.807, 2.05) is 37.6 Å². The Morgan fingerprint density at radius 3 is 2.48 bits per heavy atom. The number of thiophene rings is 1. The van der Waals surface area contributed by atoms with Crippen molar-refractivity contribution >= 4 is 45.2 Å². The van der Waals surface area contributed by atoms with Gasteiger partial charge >= 0.3 is 6.09 Å². The summed E-state index contributed by atoms with van der Waals surface area (Å²) < 4.78 is 39.4. The maximum atomic E-state index is 14.4. The summed E-state index contributed by atoms with van der Waals surface area (Å²) in [4.78, 5) is 60.9. The van der Waals surface area contributed by atoms with Gasteiger partial charge in [-0.1, -0.05) is 26.8 Å². The van der Waals surface area contributed by atoms with Crippen molar-refractivity contribution in [3.63, 3.8) is 0 Å². The lowest BCUT2D eigenvalue weighted by molar-refractivity contribution is -0.143. The number of carbonyl (C=O) groups is 4. The summed E-state index contributed by atoms with van der Waals surface area (Å²) in [5, 5.41) is 8.85. The van der Waals surface area contributed by atoms with E-state index in [0.717, 1.165) is 31.2 Å². The lowest BCUT2D eigenvalue weighted by Gasteiger charge is -2.35. The first kappa shape index (κ1) is 35.8. The number of rotatable bonds is 12. The fourth-order valence-electron chi connectivity index (χ4n) is 6.76. The Hall–Kier alpha value is -3.98. The van der Waals surface area contributed by atoms with Crippen LogP contribution in [0.5, 0.6) is 5.75 Å². The molecule has 2 aromatic rings. The number of amides is 4. The maximum Gasteiger partial charge on any atom is 0.408 e. The Morgan fingerprint density at radius 2 is 1.86 bits per heavy atom. The monoisotopic (exact) mass is 727 g/mol. The normalized spacial score (nSPS) is 25.7. The van der Waals surface area contributed by atoms with Gasteiger partial charge in [-0.2, -0.15) is 11.3 Å². The van der Waals surface area contributed by atoms with Crippen LogP contribution < -0.4 is 20.1 Å². The molecule has 270 valence electrons. The first-order valence-electron chi connectivity index (χ1n) is 17.1. The zero-order valence-corrected chi connectivity index (χ0v) is 30.2. The molecule has 15 heteroatoms. The third-order valence-corrected chi connectivity index (χ3v) is 12.4. The molecule has 13 nitrogen and oxygen atoms in total. The van der Waals surface area contributed by atoms with Gasteiger partial charge in [-0.3, -0.25) is 24.1 Å². The molecule has 2 aromatic heterocycles. The molecule has 0 unspecified atom stereocenters.